The summed E-state index contributed by atoms with van der Waals surface area (Å²) >= 11 is 0. The molecule has 0 aliphatic heterocycles. The number of hydrogen-bond donors (Lipinski definition) is 1. The first-order valence-electron chi connectivity index (χ1n) is 7.11. The van der Waals surface area contributed by atoms with Crippen LogP contribution in [0.4, 0.5) is 5.69 Å². The summed E-state index contributed by atoms with van der Waals surface area (Å²) in [4.78, 5) is 0. The third-order valence-electron chi connectivity index (χ3n) is 3.27. The molecular formula is C18H23NO. The van der Waals surface area contributed by atoms with Gasteiger partial charge < -0.3 is 10.1 Å². The predicted octanol–water partition coefficient (Wildman–Crippen LogP) is 4.70. The Kier molecular flexibility index (Phi) is 4.67. The van der Waals surface area contributed by atoms with Crippen LogP contribution in [0.2, 0.25) is 0 Å². The Morgan fingerprint density at radius 1 is 1.00 bits per heavy atom. The van der Waals surface area contributed by atoms with E-state index >= 15 is 0 Å². The summed E-state index contributed by atoms with van der Waals surface area (Å²) in [6.07, 6.45) is 0.206. The quantitative estimate of drug-likeness (QED) is 0.849. The molecule has 0 radical (unpaired) electrons. The Hall–Kier alpha value is -1.96. The fourth-order valence-electron chi connectivity index (χ4n) is 2.06. The molecule has 106 valence electrons. The molecule has 0 bridgehead atoms. The SMILES string of the molecule is Cc1ccc(NCc2cccc(OC(C)C)c2)cc1C. The van der Waals surface area contributed by atoms with Gasteiger partial charge in [-0.05, 0) is 68.7 Å². The van der Waals surface area contributed by atoms with E-state index in [4.69, 9.17) is 4.74 Å². The summed E-state index contributed by atoms with van der Waals surface area (Å²) in [5.74, 6) is 0.930. The van der Waals surface area contributed by atoms with Crippen molar-refractivity contribution in [2.45, 2.75) is 40.3 Å². The van der Waals surface area contributed by atoms with Gasteiger partial charge in [0.05, 0.1) is 6.10 Å². The summed E-state index contributed by atoms with van der Waals surface area (Å²) in [6.45, 7) is 9.15. The zero-order valence-corrected chi connectivity index (χ0v) is 12.7. The Bertz CT molecular complexity index is 575. The van der Waals surface area contributed by atoms with Gasteiger partial charge in [0.1, 0.15) is 5.75 Å². The maximum absolute atomic E-state index is 5.71. The molecular weight excluding hydrogens is 246 g/mol. The van der Waals surface area contributed by atoms with Crippen LogP contribution in [0.15, 0.2) is 42.5 Å². The van der Waals surface area contributed by atoms with Gasteiger partial charge in [0.15, 0.2) is 0 Å². The molecule has 0 saturated heterocycles. The van der Waals surface area contributed by atoms with Gasteiger partial charge in [0, 0.05) is 12.2 Å². The number of nitrogens with one attached hydrogen (secondary N) is 1. The highest BCUT2D eigenvalue weighted by Crippen LogP contribution is 2.18. The zero-order chi connectivity index (χ0) is 14.5. The van der Waals surface area contributed by atoms with E-state index in [1.165, 1.54) is 16.7 Å². The monoisotopic (exact) mass is 269 g/mol. The first-order valence-corrected chi connectivity index (χ1v) is 7.11. The number of anilines is 1. The van der Waals surface area contributed by atoms with E-state index in [1.54, 1.807) is 0 Å². The van der Waals surface area contributed by atoms with E-state index in [2.05, 4.69) is 49.5 Å². The molecule has 0 atom stereocenters. The van der Waals surface area contributed by atoms with Crippen molar-refractivity contribution in [1.29, 1.82) is 0 Å². The number of ether oxygens (including phenoxy) is 1. The van der Waals surface area contributed by atoms with Gasteiger partial charge in [0.25, 0.3) is 0 Å². The highest BCUT2D eigenvalue weighted by atomic mass is 16.5. The predicted molar refractivity (Wildman–Crippen MR) is 85.4 cm³/mol. The highest BCUT2D eigenvalue weighted by Gasteiger charge is 2.00. The van der Waals surface area contributed by atoms with Crippen LogP contribution in [0.3, 0.4) is 0 Å². The lowest BCUT2D eigenvalue weighted by Crippen LogP contribution is -2.06. The number of hydrogen-bond acceptors (Lipinski definition) is 2. The number of aryl methyl sites for hydroxylation is 2. The minimum atomic E-state index is 0.206. The summed E-state index contributed by atoms with van der Waals surface area (Å²) < 4.78 is 5.71. The molecule has 0 fully saturated rings. The summed E-state index contributed by atoms with van der Waals surface area (Å²) in [5.41, 5.74) is 5.01. The normalized spacial score (nSPS) is 10.7. The van der Waals surface area contributed by atoms with Gasteiger partial charge in [-0.3, -0.25) is 0 Å². The average molecular weight is 269 g/mol. The van der Waals surface area contributed by atoms with Crippen LogP contribution >= 0.6 is 0 Å². The topological polar surface area (TPSA) is 21.3 Å². The molecule has 0 heterocycles. The lowest BCUT2D eigenvalue weighted by molar-refractivity contribution is 0.242. The Morgan fingerprint density at radius 2 is 1.80 bits per heavy atom. The average Bonchev–Trinajstić information content (AvgIpc) is 2.40. The second kappa shape index (κ2) is 6.47. The maximum Gasteiger partial charge on any atom is 0.120 e. The van der Waals surface area contributed by atoms with E-state index in [9.17, 15) is 0 Å². The second-order valence-corrected chi connectivity index (χ2v) is 5.47. The summed E-state index contributed by atoms with van der Waals surface area (Å²) in [7, 11) is 0. The van der Waals surface area contributed by atoms with Crippen molar-refractivity contribution in [3.63, 3.8) is 0 Å². The molecule has 0 aliphatic carbocycles. The Labute approximate surface area is 121 Å². The fourth-order valence-corrected chi connectivity index (χ4v) is 2.06. The molecule has 0 aliphatic rings. The largest absolute Gasteiger partial charge is 0.491 e. The van der Waals surface area contributed by atoms with Gasteiger partial charge in [-0.1, -0.05) is 18.2 Å². The van der Waals surface area contributed by atoms with Crippen molar-refractivity contribution >= 4 is 5.69 Å². The Morgan fingerprint density at radius 3 is 2.50 bits per heavy atom. The van der Waals surface area contributed by atoms with Crippen molar-refractivity contribution in [3.05, 3.63) is 59.2 Å². The van der Waals surface area contributed by atoms with E-state index < -0.39 is 0 Å². The number of benzene rings is 2. The third-order valence-corrected chi connectivity index (χ3v) is 3.27. The second-order valence-electron chi connectivity index (χ2n) is 5.47. The lowest BCUT2D eigenvalue weighted by Gasteiger charge is -2.12. The molecule has 2 aromatic carbocycles. The van der Waals surface area contributed by atoms with Gasteiger partial charge in [-0.2, -0.15) is 0 Å². The van der Waals surface area contributed by atoms with Crippen LogP contribution in [0.5, 0.6) is 5.75 Å². The molecule has 0 aromatic heterocycles. The highest BCUT2D eigenvalue weighted by molar-refractivity contribution is 5.48. The van der Waals surface area contributed by atoms with Crippen molar-refractivity contribution in [2.24, 2.45) is 0 Å². The number of rotatable bonds is 5. The molecule has 2 heteroatoms. The fraction of sp³-hybridized carbons (Fsp3) is 0.333. The smallest absolute Gasteiger partial charge is 0.120 e. The van der Waals surface area contributed by atoms with Gasteiger partial charge in [-0.25, -0.2) is 0 Å². The minimum absolute atomic E-state index is 0.206. The van der Waals surface area contributed by atoms with E-state index in [0.717, 1.165) is 18.0 Å². The van der Waals surface area contributed by atoms with Crippen LogP contribution in [-0.2, 0) is 6.54 Å². The molecule has 1 N–H and O–H groups in total. The molecule has 0 unspecified atom stereocenters. The van der Waals surface area contributed by atoms with E-state index in [-0.39, 0.29) is 6.10 Å². The summed E-state index contributed by atoms with van der Waals surface area (Å²) in [5, 5.41) is 3.45. The maximum atomic E-state index is 5.71. The molecule has 0 spiro atoms. The zero-order valence-electron chi connectivity index (χ0n) is 12.7. The molecule has 0 saturated carbocycles. The van der Waals surface area contributed by atoms with E-state index in [0.29, 0.717) is 0 Å². The third kappa shape index (κ3) is 4.02. The van der Waals surface area contributed by atoms with Crippen molar-refractivity contribution in [2.75, 3.05) is 5.32 Å². The standard InChI is InChI=1S/C18H23NO/c1-13(2)20-18-7-5-6-16(11-18)12-19-17-9-8-14(3)15(4)10-17/h5-11,13,19H,12H2,1-4H3. The van der Waals surface area contributed by atoms with Crippen LogP contribution < -0.4 is 10.1 Å². The molecule has 0 amide bonds. The van der Waals surface area contributed by atoms with Gasteiger partial charge in [-0.15, -0.1) is 0 Å². The van der Waals surface area contributed by atoms with Gasteiger partial charge >= 0.3 is 0 Å². The van der Waals surface area contributed by atoms with Crippen LogP contribution in [0.1, 0.15) is 30.5 Å². The van der Waals surface area contributed by atoms with Crippen LogP contribution in [-0.4, -0.2) is 6.10 Å². The van der Waals surface area contributed by atoms with Crippen LogP contribution in [0, 0.1) is 13.8 Å². The Balaban J connectivity index is 2.01. The summed E-state index contributed by atoms with van der Waals surface area (Å²) in [6, 6.07) is 14.7. The minimum Gasteiger partial charge on any atom is -0.491 e. The van der Waals surface area contributed by atoms with Gasteiger partial charge in [0.2, 0.25) is 0 Å². The van der Waals surface area contributed by atoms with Crippen molar-refractivity contribution in [3.8, 4) is 5.75 Å². The lowest BCUT2D eigenvalue weighted by atomic mass is 10.1. The van der Waals surface area contributed by atoms with Crippen molar-refractivity contribution < 1.29 is 4.74 Å². The molecule has 2 rings (SSSR count). The first-order chi connectivity index (χ1) is 9.54. The first kappa shape index (κ1) is 14.4. The molecule has 2 nitrogen and oxygen atoms in total. The molecule has 20 heavy (non-hydrogen) atoms. The van der Waals surface area contributed by atoms with Crippen molar-refractivity contribution in [1.82, 2.24) is 0 Å². The van der Waals surface area contributed by atoms with E-state index in [1.807, 2.05) is 26.0 Å². The van der Waals surface area contributed by atoms with Crippen LogP contribution in [0.25, 0.3) is 0 Å². The molecule has 2 aromatic rings.